The molecule has 0 radical (unpaired) electrons. The number of benzene rings is 1. The van der Waals surface area contributed by atoms with Crippen molar-refractivity contribution in [3.05, 3.63) is 34.9 Å². The molecule has 3 heteroatoms. The molecular formula is C11H9ClOS. The van der Waals surface area contributed by atoms with Gasteiger partial charge in [0.1, 0.15) is 0 Å². The molecule has 0 bridgehead atoms. The van der Waals surface area contributed by atoms with Gasteiger partial charge in [-0.15, -0.1) is 0 Å². The van der Waals surface area contributed by atoms with E-state index in [0.717, 1.165) is 5.56 Å². The Bertz CT molecular complexity index is 390. The molecule has 0 amide bonds. The van der Waals surface area contributed by atoms with Gasteiger partial charge in [0.05, 0.1) is 5.75 Å². The third-order valence-electron chi connectivity index (χ3n) is 1.40. The predicted octanol–water partition coefficient (Wildman–Crippen LogP) is 2.97. The Kier molecular flexibility index (Phi) is 4.58. The van der Waals surface area contributed by atoms with Gasteiger partial charge in [-0.3, -0.25) is 4.79 Å². The molecular weight excluding hydrogens is 216 g/mol. The number of hydrogen-bond donors (Lipinski definition) is 0. The van der Waals surface area contributed by atoms with Crippen molar-refractivity contribution in [3.63, 3.8) is 0 Å². The zero-order valence-electron chi connectivity index (χ0n) is 7.71. The monoisotopic (exact) mass is 224 g/mol. The van der Waals surface area contributed by atoms with Crippen LogP contribution in [0.2, 0.25) is 5.02 Å². The van der Waals surface area contributed by atoms with Crippen molar-refractivity contribution in [2.75, 3.05) is 5.75 Å². The average molecular weight is 225 g/mol. The quantitative estimate of drug-likeness (QED) is 0.683. The fourth-order valence-corrected chi connectivity index (χ4v) is 1.38. The van der Waals surface area contributed by atoms with Crippen molar-refractivity contribution >= 4 is 28.5 Å². The highest BCUT2D eigenvalue weighted by Gasteiger charge is 1.90. The molecule has 14 heavy (non-hydrogen) atoms. The highest BCUT2D eigenvalue weighted by molar-refractivity contribution is 8.13. The van der Waals surface area contributed by atoms with E-state index in [0.29, 0.717) is 10.8 Å². The topological polar surface area (TPSA) is 17.1 Å². The maximum absolute atomic E-state index is 10.6. The number of thioether (sulfide) groups is 1. The van der Waals surface area contributed by atoms with E-state index in [-0.39, 0.29) is 5.12 Å². The lowest BCUT2D eigenvalue weighted by molar-refractivity contribution is -0.109. The molecule has 1 nitrogen and oxygen atoms in total. The first-order valence-electron chi connectivity index (χ1n) is 4.06. The normalized spacial score (nSPS) is 9.00. The van der Waals surface area contributed by atoms with E-state index in [1.807, 2.05) is 12.1 Å². The van der Waals surface area contributed by atoms with Gasteiger partial charge in [-0.1, -0.05) is 41.3 Å². The third-order valence-corrected chi connectivity index (χ3v) is 2.34. The molecule has 0 unspecified atom stereocenters. The van der Waals surface area contributed by atoms with Crippen LogP contribution >= 0.6 is 23.4 Å². The molecule has 0 atom stereocenters. The first-order chi connectivity index (χ1) is 6.68. The Morgan fingerprint density at radius 2 is 2.36 bits per heavy atom. The molecule has 1 aromatic carbocycles. The molecule has 0 spiro atoms. The van der Waals surface area contributed by atoms with Crippen molar-refractivity contribution in [1.29, 1.82) is 0 Å². The van der Waals surface area contributed by atoms with Crippen molar-refractivity contribution in [3.8, 4) is 11.8 Å². The molecule has 0 heterocycles. The molecule has 1 rings (SSSR count). The highest BCUT2D eigenvalue weighted by atomic mass is 35.5. The summed E-state index contributed by atoms with van der Waals surface area (Å²) < 4.78 is 0. The van der Waals surface area contributed by atoms with E-state index in [1.54, 1.807) is 12.1 Å². The van der Waals surface area contributed by atoms with Crippen LogP contribution in [0.5, 0.6) is 0 Å². The van der Waals surface area contributed by atoms with Crippen LogP contribution in [0.4, 0.5) is 0 Å². The van der Waals surface area contributed by atoms with Crippen LogP contribution in [0.15, 0.2) is 24.3 Å². The van der Waals surface area contributed by atoms with Gasteiger partial charge in [0.15, 0.2) is 5.12 Å². The molecule has 0 aliphatic heterocycles. The van der Waals surface area contributed by atoms with Gasteiger partial charge in [0, 0.05) is 17.5 Å². The molecule has 0 aromatic heterocycles. The molecule has 1 aromatic rings. The van der Waals surface area contributed by atoms with Crippen LogP contribution in [0.1, 0.15) is 12.5 Å². The van der Waals surface area contributed by atoms with E-state index in [1.165, 1.54) is 18.7 Å². The van der Waals surface area contributed by atoms with E-state index >= 15 is 0 Å². The van der Waals surface area contributed by atoms with Gasteiger partial charge >= 0.3 is 0 Å². The van der Waals surface area contributed by atoms with E-state index in [4.69, 9.17) is 11.6 Å². The van der Waals surface area contributed by atoms with Gasteiger partial charge < -0.3 is 0 Å². The minimum absolute atomic E-state index is 0.0883. The summed E-state index contributed by atoms with van der Waals surface area (Å²) in [5.41, 5.74) is 0.877. The lowest BCUT2D eigenvalue weighted by Gasteiger charge is -1.90. The Labute approximate surface area is 92.8 Å². The van der Waals surface area contributed by atoms with Crippen LogP contribution in [0.3, 0.4) is 0 Å². The molecule has 0 fully saturated rings. The minimum atomic E-state index is 0.0883. The summed E-state index contributed by atoms with van der Waals surface area (Å²) in [6.45, 7) is 1.53. The van der Waals surface area contributed by atoms with Crippen LogP contribution in [0, 0.1) is 11.8 Å². The number of halogens is 1. The van der Waals surface area contributed by atoms with Crippen LogP contribution < -0.4 is 0 Å². The third kappa shape index (κ3) is 4.36. The molecule has 0 aliphatic rings. The summed E-state index contributed by atoms with van der Waals surface area (Å²) in [6.07, 6.45) is 0. The number of hydrogen-bond acceptors (Lipinski definition) is 2. The number of carbonyl (C=O) groups excluding carboxylic acids is 1. The average Bonchev–Trinajstić information content (AvgIpc) is 2.12. The van der Waals surface area contributed by atoms with Gasteiger partial charge in [0.2, 0.25) is 0 Å². The SMILES string of the molecule is CC(=O)SCC#Cc1cccc(Cl)c1. The van der Waals surface area contributed by atoms with Gasteiger partial charge in [-0.05, 0) is 18.2 Å². The van der Waals surface area contributed by atoms with Gasteiger partial charge in [-0.2, -0.15) is 0 Å². The Morgan fingerprint density at radius 1 is 1.57 bits per heavy atom. The second-order valence-corrected chi connectivity index (χ2v) is 4.18. The molecule has 0 saturated carbocycles. The van der Waals surface area contributed by atoms with Gasteiger partial charge in [0.25, 0.3) is 0 Å². The smallest absolute Gasteiger partial charge is 0.186 e. The summed E-state index contributed by atoms with van der Waals surface area (Å²) in [4.78, 5) is 10.6. The summed E-state index contributed by atoms with van der Waals surface area (Å²) >= 11 is 6.99. The zero-order valence-corrected chi connectivity index (χ0v) is 9.28. The molecule has 0 N–H and O–H groups in total. The standard InChI is InChI=1S/C11H9ClOS/c1-9(13)14-7-3-5-10-4-2-6-11(12)8-10/h2,4,6,8H,7H2,1H3. The molecule has 0 saturated heterocycles. The van der Waals surface area contributed by atoms with E-state index < -0.39 is 0 Å². The zero-order chi connectivity index (χ0) is 10.4. The van der Waals surface area contributed by atoms with Crippen LogP contribution in [-0.2, 0) is 4.79 Å². The minimum Gasteiger partial charge on any atom is -0.288 e. The number of rotatable bonds is 1. The van der Waals surface area contributed by atoms with Crippen molar-refractivity contribution in [2.45, 2.75) is 6.92 Å². The molecule has 72 valence electrons. The predicted molar refractivity (Wildman–Crippen MR) is 61.5 cm³/mol. The Hall–Kier alpha value is -0.910. The Balaban J connectivity index is 2.55. The van der Waals surface area contributed by atoms with Crippen LogP contribution in [-0.4, -0.2) is 10.9 Å². The first-order valence-corrected chi connectivity index (χ1v) is 5.42. The van der Waals surface area contributed by atoms with E-state index in [9.17, 15) is 4.79 Å². The fourth-order valence-electron chi connectivity index (χ4n) is 0.842. The summed E-state index contributed by atoms with van der Waals surface area (Å²) in [7, 11) is 0. The summed E-state index contributed by atoms with van der Waals surface area (Å²) in [5.74, 6) is 6.36. The second kappa shape index (κ2) is 5.74. The summed E-state index contributed by atoms with van der Waals surface area (Å²) in [6, 6.07) is 7.34. The number of carbonyl (C=O) groups is 1. The van der Waals surface area contributed by atoms with E-state index in [2.05, 4.69) is 11.8 Å². The largest absolute Gasteiger partial charge is 0.288 e. The van der Waals surface area contributed by atoms with Crippen molar-refractivity contribution < 1.29 is 4.79 Å². The van der Waals surface area contributed by atoms with Crippen molar-refractivity contribution in [2.24, 2.45) is 0 Å². The maximum atomic E-state index is 10.6. The lowest BCUT2D eigenvalue weighted by atomic mass is 10.2. The highest BCUT2D eigenvalue weighted by Crippen LogP contribution is 2.09. The van der Waals surface area contributed by atoms with Crippen LogP contribution in [0.25, 0.3) is 0 Å². The lowest BCUT2D eigenvalue weighted by Crippen LogP contribution is -1.82. The molecule has 0 aliphatic carbocycles. The fraction of sp³-hybridized carbons (Fsp3) is 0.182. The first kappa shape index (κ1) is 11.2. The summed E-state index contributed by atoms with van der Waals surface area (Å²) in [5, 5.41) is 0.765. The second-order valence-electron chi connectivity index (χ2n) is 2.59. The maximum Gasteiger partial charge on any atom is 0.186 e. The Morgan fingerprint density at radius 3 is 3.00 bits per heavy atom. The van der Waals surface area contributed by atoms with Gasteiger partial charge in [-0.25, -0.2) is 0 Å². The van der Waals surface area contributed by atoms with Crippen molar-refractivity contribution in [1.82, 2.24) is 0 Å².